The highest BCUT2D eigenvalue weighted by atomic mass is 16.5. The largest absolute Gasteiger partial charge is 0.382 e. The molecule has 0 amide bonds. The Morgan fingerprint density at radius 1 is 1.15 bits per heavy atom. The van der Waals surface area contributed by atoms with E-state index in [1.807, 2.05) is 0 Å². The van der Waals surface area contributed by atoms with E-state index < -0.39 is 0 Å². The normalized spacial score (nSPS) is 16.2. The second-order valence-corrected chi connectivity index (χ2v) is 3.75. The van der Waals surface area contributed by atoms with Crippen LogP contribution in [-0.4, -0.2) is 39.5 Å². The summed E-state index contributed by atoms with van der Waals surface area (Å²) in [6.07, 6.45) is 0.159. The minimum absolute atomic E-state index is 0.159. The predicted molar refractivity (Wildman–Crippen MR) is 55.0 cm³/mol. The van der Waals surface area contributed by atoms with Gasteiger partial charge in [-0.05, 0) is 12.8 Å². The van der Waals surface area contributed by atoms with Gasteiger partial charge in [0.15, 0.2) is 0 Å². The van der Waals surface area contributed by atoms with Crippen LogP contribution >= 0.6 is 0 Å². The van der Waals surface area contributed by atoms with E-state index in [1.165, 1.54) is 0 Å². The van der Waals surface area contributed by atoms with Gasteiger partial charge >= 0.3 is 0 Å². The summed E-state index contributed by atoms with van der Waals surface area (Å²) in [5.74, 6) is 0.653. The molecule has 80 valence electrons. The molecule has 3 heteroatoms. The lowest BCUT2D eigenvalue weighted by atomic mass is 10.1. The molecule has 2 atom stereocenters. The van der Waals surface area contributed by atoms with E-state index in [4.69, 9.17) is 9.47 Å². The molecule has 0 saturated heterocycles. The molecule has 0 fully saturated rings. The first-order chi connectivity index (χ1) is 6.11. The topological polar surface area (TPSA) is 30.5 Å². The van der Waals surface area contributed by atoms with Crippen LogP contribution in [-0.2, 0) is 9.47 Å². The van der Waals surface area contributed by atoms with Gasteiger partial charge in [-0.1, -0.05) is 13.8 Å². The van der Waals surface area contributed by atoms with Crippen molar-refractivity contribution in [2.24, 2.45) is 5.92 Å². The molecule has 0 rings (SSSR count). The highest BCUT2D eigenvalue weighted by molar-refractivity contribution is 4.68. The van der Waals surface area contributed by atoms with Gasteiger partial charge < -0.3 is 14.8 Å². The van der Waals surface area contributed by atoms with Crippen LogP contribution in [0, 0.1) is 5.92 Å². The van der Waals surface area contributed by atoms with Crippen LogP contribution in [0.5, 0.6) is 0 Å². The molecule has 0 aromatic rings. The Labute approximate surface area is 81.8 Å². The molecule has 3 nitrogen and oxygen atoms in total. The number of hydrogen-bond donors (Lipinski definition) is 1. The molecule has 0 aliphatic carbocycles. The Morgan fingerprint density at radius 3 is 2.15 bits per heavy atom. The molecule has 0 bridgehead atoms. The maximum absolute atomic E-state index is 5.23. The Balaban J connectivity index is 3.58. The fraction of sp³-hybridized carbons (Fsp3) is 1.00. The first-order valence-corrected chi connectivity index (χ1v) is 4.86. The molecule has 0 spiro atoms. The van der Waals surface area contributed by atoms with Crippen LogP contribution in [0.3, 0.4) is 0 Å². The summed E-state index contributed by atoms with van der Waals surface area (Å²) in [7, 11) is 3.41. The van der Waals surface area contributed by atoms with Crippen molar-refractivity contribution < 1.29 is 9.47 Å². The summed E-state index contributed by atoms with van der Waals surface area (Å²) in [6, 6.07) is 0.523. The van der Waals surface area contributed by atoms with Gasteiger partial charge in [-0.25, -0.2) is 0 Å². The van der Waals surface area contributed by atoms with Crippen LogP contribution in [0.1, 0.15) is 20.8 Å². The van der Waals surface area contributed by atoms with Crippen LogP contribution < -0.4 is 5.32 Å². The van der Waals surface area contributed by atoms with Gasteiger partial charge in [-0.15, -0.1) is 0 Å². The summed E-state index contributed by atoms with van der Waals surface area (Å²) >= 11 is 0. The van der Waals surface area contributed by atoms with Crippen molar-refractivity contribution in [2.45, 2.75) is 32.9 Å². The molecule has 13 heavy (non-hydrogen) atoms. The van der Waals surface area contributed by atoms with Crippen LogP contribution in [0.15, 0.2) is 0 Å². The number of rotatable bonds is 7. The van der Waals surface area contributed by atoms with Crippen molar-refractivity contribution in [3.8, 4) is 0 Å². The van der Waals surface area contributed by atoms with Crippen LogP contribution in [0.2, 0.25) is 0 Å². The zero-order valence-corrected chi connectivity index (χ0v) is 9.46. The van der Waals surface area contributed by atoms with Crippen molar-refractivity contribution >= 4 is 0 Å². The maximum atomic E-state index is 5.23. The minimum atomic E-state index is 0.159. The van der Waals surface area contributed by atoms with Gasteiger partial charge in [0.05, 0.1) is 12.7 Å². The molecule has 0 radical (unpaired) electrons. The lowest BCUT2D eigenvalue weighted by Crippen LogP contribution is -2.39. The number of hydrogen-bond acceptors (Lipinski definition) is 3. The maximum Gasteiger partial charge on any atom is 0.0928 e. The first kappa shape index (κ1) is 12.9. The summed E-state index contributed by atoms with van der Waals surface area (Å²) in [5.41, 5.74) is 0. The van der Waals surface area contributed by atoms with Crippen molar-refractivity contribution in [3.05, 3.63) is 0 Å². The van der Waals surface area contributed by atoms with Gasteiger partial charge in [0.2, 0.25) is 0 Å². The van der Waals surface area contributed by atoms with Gasteiger partial charge in [-0.3, -0.25) is 0 Å². The van der Waals surface area contributed by atoms with Crippen molar-refractivity contribution in [1.29, 1.82) is 0 Å². The minimum Gasteiger partial charge on any atom is -0.382 e. The average Bonchev–Trinajstić information content (AvgIpc) is 2.11. The lowest BCUT2D eigenvalue weighted by molar-refractivity contribution is 0.0268. The fourth-order valence-corrected chi connectivity index (χ4v) is 0.949. The third-order valence-electron chi connectivity index (χ3n) is 2.35. The van der Waals surface area contributed by atoms with E-state index in [9.17, 15) is 0 Å². The summed E-state index contributed by atoms with van der Waals surface area (Å²) in [4.78, 5) is 0. The van der Waals surface area contributed by atoms with E-state index in [1.54, 1.807) is 14.2 Å². The zero-order chi connectivity index (χ0) is 10.3. The van der Waals surface area contributed by atoms with Crippen molar-refractivity contribution in [1.82, 2.24) is 5.32 Å². The van der Waals surface area contributed by atoms with Gasteiger partial charge in [-0.2, -0.15) is 0 Å². The zero-order valence-electron chi connectivity index (χ0n) is 9.46. The average molecular weight is 189 g/mol. The molecule has 0 aliphatic heterocycles. The quantitative estimate of drug-likeness (QED) is 0.654. The van der Waals surface area contributed by atoms with E-state index >= 15 is 0 Å². The molecular formula is C10H23NO2. The molecule has 0 aromatic carbocycles. The van der Waals surface area contributed by atoms with Crippen molar-refractivity contribution in [2.75, 3.05) is 27.4 Å². The second kappa shape index (κ2) is 7.30. The fourth-order valence-electron chi connectivity index (χ4n) is 0.949. The summed E-state index contributed by atoms with van der Waals surface area (Å²) < 4.78 is 10.3. The highest BCUT2D eigenvalue weighted by Crippen LogP contribution is 2.00. The molecular weight excluding hydrogens is 166 g/mol. The summed E-state index contributed by atoms with van der Waals surface area (Å²) in [6.45, 7) is 8.09. The Morgan fingerprint density at radius 2 is 1.77 bits per heavy atom. The van der Waals surface area contributed by atoms with E-state index in [0.717, 1.165) is 6.54 Å². The van der Waals surface area contributed by atoms with Gasteiger partial charge in [0, 0.05) is 26.8 Å². The van der Waals surface area contributed by atoms with Crippen LogP contribution in [0.25, 0.3) is 0 Å². The molecule has 0 aromatic heterocycles. The molecule has 0 saturated carbocycles. The lowest BCUT2D eigenvalue weighted by Gasteiger charge is -2.21. The number of ether oxygens (including phenoxy) is 2. The van der Waals surface area contributed by atoms with Gasteiger partial charge in [0.25, 0.3) is 0 Å². The highest BCUT2D eigenvalue weighted by Gasteiger charge is 2.10. The molecule has 0 aliphatic rings. The third kappa shape index (κ3) is 6.02. The van der Waals surface area contributed by atoms with Crippen LogP contribution in [0.4, 0.5) is 0 Å². The Hall–Kier alpha value is -0.120. The molecule has 0 heterocycles. The second-order valence-electron chi connectivity index (χ2n) is 3.75. The third-order valence-corrected chi connectivity index (χ3v) is 2.35. The standard InChI is InChI=1S/C10H23NO2/c1-8(2)9(3)11-6-10(13-5)7-12-4/h8-11H,6-7H2,1-5H3. The first-order valence-electron chi connectivity index (χ1n) is 4.86. The van der Waals surface area contributed by atoms with E-state index in [0.29, 0.717) is 18.6 Å². The summed E-state index contributed by atoms with van der Waals surface area (Å²) in [5, 5.41) is 3.41. The SMILES string of the molecule is COCC(CNC(C)C(C)C)OC. The molecule has 2 unspecified atom stereocenters. The Kier molecular flexibility index (Phi) is 7.23. The van der Waals surface area contributed by atoms with Gasteiger partial charge in [0.1, 0.15) is 0 Å². The monoisotopic (exact) mass is 189 g/mol. The molecule has 1 N–H and O–H groups in total. The Bertz CT molecular complexity index is 117. The van der Waals surface area contributed by atoms with E-state index in [-0.39, 0.29) is 6.10 Å². The van der Waals surface area contributed by atoms with E-state index in [2.05, 4.69) is 26.1 Å². The number of methoxy groups -OCH3 is 2. The number of nitrogens with one attached hydrogen (secondary N) is 1. The smallest absolute Gasteiger partial charge is 0.0928 e. The predicted octanol–water partition coefficient (Wildman–Crippen LogP) is 1.28. The van der Waals surface area contributed by atoms with Crippen molar-refractivity contribution in [3.63, 3.8) is 0 Å².